The molecule has 3 atom stereocenters. The first-order valence-electron chi connectivity index (χ1n) is 6.63. The number of benzene rings is 2. The van der Waals surface area contributed by atoms with Crippen molar-refractivity contribution >= 4 is 5.78 Å². The smallest absolute Gasteiger partial charge is 0.165 e. The Balaban J connectivity index is 1.82. The Bertz CT molecular complexity index is 620. The second-order valence-electron chi connectivity index (χ2n) is 5.29. The number of epoxide rings is 1. The van der Waals surface area contributed by atoms with E-state index in [1.807, 2.05) is 36.4 Å². The summed E-state index contributed by atoms with van der Waals surface area (Å²) in [6.07, 6.45) is 0.351. The van der Waals surface area contributed by atoms with E-state index in [0.717, 1.165) is 5.56 Å². The summed E-state index contributed by atoms with van der Waals surface area (Å²) in [6.45, 7) is 0. The normalized spacial score (nSPS) is 32.1. The number of Topliss-reactive ketones (excluding diaryl/α,β-unsaturated/α-hetero) is 1. The lowest BCUT2D eigenvalue weighted by atomic mass is 9.83. The molecule has 0 radical (unpaired) electrons. The number of hydrogen-bond acceptors (Lipinski definition) is 2. The molecule has 2 heteroatoms. The van der Waals surface area contributed by atoms with E-state index in [0.29, 0.717) is 6.42 Å². The van der Waals surface area contributed by atoms with Gasteiger partial charge in [-0.25, -0.2) is 0 Å². The predicted molar refractivity (Wildman–Crippen MR) is 71.8 cm³/mol. The third-order valence-electron chi connectivity index (χ3n) is 4.29. The van der Waals surface area contributed by atoms with Crippen molar-refractivity contribution in [3.8, 4) is 0 Å². The Morgan fingerprint density at radius 3 is 2.21 bits per heavy atom. The van der Waals surface area contributed by atoms with E-state index in [4.69, 9.17) is 4.74 Å². The fourth-order valence-electron chi connectivity index (χ4n) is 3.36. The van der Waals surface area contributed by atoms with Crippen LogP contribution in [0.1, 0.15) is 23.5 Å². The van der Waals surface area contributed by atoms with E-state index in [1.165, 1.54) is 5.56 Å². The van der Waals surface area contributed by atoms with Crippen molar-refractivity contribution in [1.82, 2.24) is 0 Å². The summed E-state index contributed by atoms with van der Waals surface area (Å²) < 4.78 is 5.86. The van der Waals surface area contributed by atoms with Crippen LogP contribution in [0.5, 0.6) is 0 Å². The molecule has 0 spiro atoms. The van der Waals surface area contributed by atoms with Gasteiger partial charge in [0.05, 0.1) is 0 Å². The number of ether oxygens (including phenoxy) is 1. The molecule has 2 aromatic carbocycles. The van der Waals surface area contributed by atoms with Gasteiger partial charge in [0.1, 0.15) is 5.60 Å². The van der Waals surface area contributed by atoms with Crippen LogP contribution in [0.25, 0.3) is 0 Å². The average molecular weight is 250 g/mol. The molecule has 0 aromatic heterocycles. The molecule has 1 heterocycles. The van der Waals surface area contributed by atoms with Crippen molar-refractivity contribution in [2.75, 3.05) is 0 Å². The molecule has 2 nitrogen and oxygen atoms in total. The SMILES string of the molecule is O=C1CC(c2ccccc2)C2(c3ccccc3)OC12. The van der Waals surface area contributed by atoms with Crippen molar-refractivity contribution in [3.05, 3.63) is 71.8 Å². The number of ketones is 1. The molecule has 94 valence electrons. The van der Waals surface area contributed by atoms with E-state index in [1.54, 1.807) is 0 Å². The molecule has 2 fully saturated rings. The topological polar surface area (TPSA) is 29.6 Å². The van der Waals surface area contributed by atoms with Gasteiger partial charge >= 0.3 is 0 Å². The molecular weight excluding hydrogens is 236 g/mol. The summed E-state index contributed by atoms with van der Waals surface area (Å²) in [6, 6.07) is 20.4. The molecule has 1 saturated carbocycles. The number of carbonyl (C=O) groups is 1. The minimum absolute atomic E-state index is 0.147. The molecule has 1 aliphatic carbocycles. The van der Waals surface area contributed by atoms with Gasteiger partial charge in [-0.05, 0) is 11.1 Å². The Labute approximate surface area is 112 Å². The fraction of sp³-hybridized carbons (Fsp3) is 0.235. The second kappa shape index (κ2) is 3.78. The van der Waals surface area contributed by atoms with E-state index in [-0.39, 0.29) is 17.8 Å². The lowest BCUT2D eigenvalue weighted by Crippen LogP contribution is -2.17. The van der Waals surface area contributed by atoms with Crippen LogP contribution in [0.3, 0.4) is 0 Å². The molecule has 2 aromatic rings. The van der Waals surface area contributed by atoms with E-state index < -0.39 is 5.60 Å². The standard InChI is InChI=1S/C17H14O2/c18-15-11-14(12-7-3-1-4-8-12)17(16(15)19-17)13-9-5-2-6-10-13/h1-10,14,16H,11H2. The van der Waals surface area contributed by atoms with Gasteiger partial charge in [-0.3, -0.25) is 4.79 Å². The number of rotatable bonds is 2. The van der Waals surface area contributed by atoms with Crippen LogP contribution < -0.4 is 0 Å². The Morgan fingerprint density at radius 1 is 0.947 bits per heavy atom. The summed E-state index contributed by atoms with van der Waals surface area (Å²) in [4.78, 5) is 12.1. The van der Waals surface area contributed by atoms with Gasteiger partial charge in [0.25, 0.3) is 0 Å². The first-order valence-corrected chi connectivity index (χ1v) is 6.63. The van der Waals surface area contributed by atoms with Gasteiger partial charge in [0.2, 0.25) is 0 Å². The molecule has 0 amide bonds. The number of carbonyl (C=O) groups excluding carboxylic acids is 1. The zero-order valence-electron chi connectivity index (χ0n) is 10.5. The lowest BCUT2D eigenvalue weighted by molar-refractivity contribution is -0.120. The minimum Gasteiger partial charge on any atom is -0.352 e. The van der Waals surface area contributed by atoms with Gasteiger partial charge in [-0.2, -0.15) is 0 Å². The van der Waals surface area contributed by atoms with Gasteiger partial charge in [0.15, 0.2) is 11.9 Å². The molecule has 2 aliphatic rings. The highest BCUT2D eigenvalue weighted by Gasteiger charge is 2.70. The van der Waals surface area contributed by atoms with Crippen LogP contribution in [0.15, 0.2) is 60.7 Å². The van der Waals surface area contributed by atoms with Crippen molar-refractivity contribution in [2.45, 2.75) is 24.0 Å². The predicted octanol–water partition coefficient (Wildman–Crippen LogP) is 3.04. The monoisotopic (exact) mass is 250 g/mol. The van der Waals surface area contributed by atoms with Crippen LogP contribution in [0, 0.1) is 0 Å². The maximum atomic E-state index is 12.1. The quantitative estimate of drug-likeness (QED) is 0.767. The first kappa shape index (κ1) is 10.9. The summed E-state index contributed by atoms with van der Waals surface area (Å²) in [5.41, 5.74) is 1.92. The molecule has 0 bridgehead atoms. The minimum atomic E-state index is -0.403. The molecule has 4 rings (SSSR count). The van der Waals surface area contributed by atoms with Crippen LogP contribution in [0.2, 0.25) is 0 Å². The van der Waals surface area contributed by atoms with Crippen molar-refractivity contribution in [1.29, 1.82) is 0 Å². The third kappa shape index (κ3) is 1.44. The summed E-state index contributed by atoms with van der Waals surface area (Å²) in [7, 11) is 0. The maximum Gasteiger partial charge on any atom is 0.165 e. The summed E-state index contributed by atoms with van der Waals surface area (Å²) in [5.74, 6) is 0.381. The largest absolute Gasteiger partial charge is 0.352 e. The maximum absolute atomic E-state index is 12.1. The highest BCUT2D eigenvalue weighted by molar-refractivity contribution is 5.92. The van der Waals surface area contributed by atoms with Gasteiger partial charge in [-0.1, -0.05) is 60.7 Å². The molecule has 1 aliphatic heterocycles. The zero-order valence-corrected chi connectivity index (χ0v) is 10.5. The van der Waals surface area contributed by atoms with E-state index >= 15 is 0 Å². The fourth-order valence-corrected chi connectivity index (χ4v) is 3.36. The van der Waals surface area contributed by atoms with Gasteiger partial charge < -0.3 is 4.74 Å². The number of hydrogen-bond donors (Lipinski definition) is 0. The van der Waals surface area contributed by atoms with Gasteiger partial charge in [-0.15, -0.1) is 0 Å². The Hall–Kier alpha value is -1.93. The zero-order chi connectivity index (χ0) is 12.9. The van der Waals surface area contributed by atoms with Crippen molar-refractivity contribution in [3.63, 3.8) is 0 Å². The van der Waals surface area contributed by atoms with Crippen LogP contribution in [-0.2, 0) is 15.1 Å². The van der Waals surface area contributed by atoms with Gasteiger partial charge in [0, 0.05) is 12.3 Å². The molecular formula is C17H14O2. The molecule has 3 unspecified atom stereocenters. The van der Waals surface area contributed by atoms with Crippen LogP contribution in [-0.4, -0.2) is 11.9 Å². The highest BCUT2D eigenvalue weighted by Crippen LogP contribution is 2.62. The summed E-state index contributed by atoms with van der Waals surface area (Å²) >= 11 is 0. The summed E-state index contributed by atoms with van der Waals surface area (Å²) in [5, 5.41) is 0. The second-order valence-corrected chi connectivity index (χ2v) is 5.29. The molecule has 19 heavy (non-hydrogen) atoms. The van der Waals surface area contributed by atoms with Crippen molar-refractivity contribution in [2.24, 2.45) is 0 Å². The molecule has 0 N–H and O–H groups in total. The highest BCUT2D eigenvalue weighted by atomic mass is 16.6. The van der Waals surface area contributed by atoms with E-state index in [2.05, 4.69) is 24.3 Å². The number of fused-ring (bicyclic) bond motifs is 1. The molecule has 1 saturated heterocycles. The first-order chi connectivity index (χ1) is 9.32. The van der Waals surface area contributed by atoms with Crippen molar-refractivity contribution < 1.29 is 9.53 Å². The Kier molecular flexibility index (Phi) is 2.18. The third-order valence-corrected chi connectivity index (χ3v) is 4.29. The van der Waals surface area contributed by atoms with Crippen LogP contribution in [0.4, 0.5) is 0 Å². The van der Waals surface area contributed by atoms with E-state index in [9.17, 15) is 4.79 Å². The lowest BCUT2D eigenvalue weighted by Gasteiger charge is -2.20. The average Bonchev–Trinajstić information content (AvgIpc) is 3.17. The van der Waals surface area contributed by atoms with Crippen LogP contribution >= 0.6 is 0 Å². The Morgan fingerprint density at radius 2 is 1.58 bits per heavy atom.